The number of ether oxygens (including phenoxy) is 2. The quantitative estimate of drug-likeness (QED) is 0.619. The fraction of sp³-hybridized carbons (Fsp3) is 0.875. The summed E-state index contributed by atoms with van der Waals surface area (Å²) in [7, 11) is 3.36. The van der Waals surface area contributed by atoms with Crippen molar-refractivity contribution in [2.45, 2.75) is 19.1 Å². The fourth-order valence-corrected chi connectivity index (χ4v) is 0.728. The van der Waals surface area contributed by atoms with E-state index in [0.717, 1.165) is 0 Å². The summed E-state index contributed by atoms with van der Waals surface area (Å²) in [5.41, 5.74) is 0. The van der Waals surface area contributed by atoms with Gasteiger partial charge in [0.2, 0.25) is 0 Å². The molecular formula is C8H16N2O2. The molecule has 0 radical (unpaired) electrons. The predicted octanol–water partition coefficient (Wildman–Crippen LogP) is 0.149. The first-order valence-electron chi connectivity index (χ1n) is 3.92. The Balaban J connectivity index is 3.46. The summed E-state index contributed by atoms with van der Waals surface area (Å²) < 4.78 is 10.2. The standard InChI is InChI=1S/C8H16N2O2/c1-7(5-11-3)12-6-8(4-9)10-2/h7-8,10H,5-6H2,1-3H3. The van der Waals surface area contributed by atoms with Crippen LogP contribution in [0.15, 0.2) is 0 Å². The highest BCUT2D eigenvalue weighted by molar-refractivity contribution is 4.88. The van der Waals surface area contributed by atoms with Crippen molar-refractivity contribution in [2.75, 3.05) is 27.4 Å². The van der Waals surface area contributed by atoms with E-state index in [0.29, 0.717) is 13.2 Å². The van der Waals surface area contributed by atoms with E-state index in [4.69, 9.17) is 14.7 Å². The normalized spacial score (nSPS) is 15.2. The van der Waals surface area contributed by atoms with Crippen LogP contribution in [0.1, 0.15) is 6.92 Å². The molecule has 0 saturated heterocycles. The van der Waals surface area contributed by atoms with Crippen molar-refractivity contribution in [1.82, 2.24) is 5.32 Å². The smallest absolute Gasteiger partial charge is 0.119 e. The minimum Gasteiger partial charge on any atom is -0.382 e. The van der Waals surface area contributed by atoms with Gasteiger partial charge in [-0.25, -0.2) is 0 Å². The van der Waals surface area contributed by atoms with Gasteiger partial charge in [0.25, 0.3) is 0 Å². The average Bonchev–Trinajstić information content (AvgIpc) is 2.07. The van der Waals surface area contributed by atoms with Crippen LogP contribution >= 0.6 is 0 Å². The van der Waals surface area contributed by atoms with Crippen molar-refractivity contribution in [3.05, 3.63) is 0 Å². The van der Waals surface area contributed by atoms with Crippen LogP contribution in [0.25, 0.3) is 0 Å². The predicted molar refractivity (Wildman–Crippen MR) is 45.8 cm³/mol. The van der Waals surface area contributed by atoms with Gasteiger partial charge >= 0.3 is 0 Å². The van der Waals surface area contributed by atoms with Crippen molar-refractivity contribution in [2.24, 2.45) is 0 Å². The van der Waals surface area contributed by atoms with Gasteiger partial charge in [0.05, 0.1) is 25.4 Å². The van der Waals surface area contributed by atoms with E-state index in [2.05, 4.69) is 11.4 Å². The van der Waals surface area contributed by atoms with Crippen LogP contribution < -0.4 is 5.32 Å². The third-order valence-electron chi connectivity index (χ3n) is 1.45. The van der Waals surface area contributed by atoms with Gasteiger partial charge in [0.1, 0.15) is 6.04 Å². The first-order chi connectivity index (χ1) is 5.74. The molecule has 0 saturated carbocycles. The summed E-state index contributed by atoms with van der Waals surface area (Å²) in [6.45, 7) is 2.87. The Labute approximate surface area is 73.5 Å². The maximum absolute atomic E-state index is 8.55. The lowest BCUT2D eigenvalue weighted by atomic mass is 10.3. The zero-order valence-electron chi connectivity index (χ0n) is 7.83. The molecule has 0 amide bonds. The second-order valence-electron chi connectivity index (χ2n) is 2.57. The van der Waals surface area contributed by atoms with Crippen LogP contribution in [0.5, 0.6) is 0 Å². The highest BCUT2D eigenvalue weighted by Crippen LogP contribution is 1.92. The second kappa shape index (κ2) is 7.04. The number of methoxy groups -OCH3 is 1. The highest BCUT2D eigenvalue weighted by atomic mass is 16.5. The summed E-state index contributed by atoms with van der Waals surface area (Å²) in [4.78, 5) is 0. The van der Waals surface area contributed by atoms with Crippen LogP contribution in [0.4, 0.5) is 0 Å². The minimum absolute atomic E-state index is 0.0409. The van der Waals surface area contributed by atoms with Crippen LogP contribution in [-0.2, 0) is 9.47 Å². The lowest BCUT2D eigenvalue weighted by molar-refractivity contribution is 0.00553. The molecule has 0 fully saturated rings. The Morgan fingerprint density at radius 2 is 2.17 bits per heavy atom. The molecular weight excluding hydrogens is 156 g/mol. The number of likely N-dealkylation sites (N-methyl/N-ethyl adjacent to an activating group) is 1. The Bertz CT molecular complexity index is 144. The Morgan fingerprint density at radius 3 is 2.58 bits per heavy atom. The maximum Gasteiger partial charge on any atom is 0.119 e. The van der Waals surface area contributed by atoms with E-state index in [1.807, 2.05) is 6.92 Å². The summed E-state index contributed by atoms with van der Waals surface area (Å²) in [6, 6.07) is 1.84. The largest absolute Gasteiger partial charge is 0.382 e. The monoisotopic (exact) mass is 172 g/mol. The molecule has 0 bridgehead atoms. The number of hydrogen-bond donors (Lipinski definition) is 1. The van der Waals surface area contributed by atoms with Crippen molar-refractivity contribution in [3.8, 4) is 6.07 Å². The molecule has 0 aromatic heterocycles. The maximum atomic E-state index is 8.55. The van der Waals surface area contributed by atoms with E-state index in [1.165, 1.54) is 0 Å². The summed E-state index contributed by atoms with van der Waals surface area (Å²) in [5.74, 6) is 0. The first kappa shape index (κ1) is 11.4. The van der Waals surface area contributed by atoms with Gasteiger partial charge in [-0.3, -0.25) is 0 Å². The Hall–Kier alpha value is -0.630. The fourth-order valence-electron chi connectivity index (χ4n) is 0.728. The van der Waals surface area contributed by atoms with E-state index >= 15 is 0 Å². The van der Waals surface area contributed by atoms with Gasteiger partial charge in [0, 0.05) is 7.11 Å². The minimum atomic E-state index is -0.232. The van der Waals surface area contributed by atoms with Gasteiger partial charge in [-0.2, -0.15) is 5.26 Å². The van der Waals surface area contributed by atoms with Gasteiger partial charge in [-0.05, 0) is 14.0 Å². The Morgan fingerprint density at radius 1 is 1.50 bits per heavy atom. The summed E-state index contributed by atoms with van der Waals surface area (Å²) >= 11 is 0. The number of nitriles is 1. The van der Waals surface area contributed by atoms with Crippen molar-refractivity contribution < 1.29 is 9.47 Å². The van der Waals surface area contributed by atoms with Crippen molar-refractivity contribution in [3.63, 3.8) is 0 Å². The molecule has 0 aromatic rings. The Kier molecular flexibility index (Phi) is 6.67. The van der Waals surface area contributed by atoms with Gasteiger partial charge < -0.3 is 14.8 Å². The van der Waals surface area contributed by atoms with Gasteiger partial charge in [-0.15, -0.1) is 0 Å². The molecule has 2 atom stereocenters. The van der Waals surface area contributed by atoms with Crippen LogP contribution in [0.2, 0.25) is 0 Å². The molecule has 0 aliphatic rings. The summed E-state index contributed by atoms with van der Waals surface area (Å²) in [5, 5.41) is 11.4. The van der Waals surface area contributed by atoms with E-state index in [-0.39, 0.29) is 12.1 Å². The second-order valence-corrected chi connectivity index (χ2v) is 2.57. The van der Waals surface area contributed by atoms with Crippen LogP contribution in [0.3, 0.4) is 0 Å². The summed E-state index contributed by atoms with van der Waals surface area (Å²) in [6.07, 6.45) is 0.0409. The molecule has 0 heterocycles. The highest BCUT2D eigenvalue weighted by Gasteiger charge is 2.06. The lowest BCUT2D eigenvalue weighted by Gasteiger charge is -2.14. The molecule has 0 rings (SSSR count). The SMILES string of the molecule is CNC(C#N)COC(C)COC. The lowest BCUT2D eigenvalue weighted by Crippen LogP contribution is -2.31. The van der Waals surface area contributed by atoms with E-state index < -0.39 is 0 Å². The zero-order valence-corrected chi connectivity index (χ0v) is 7.83. The van der Waals surface area contributed by atoms with Crippen LogP contribution in [0, 0.1) is 11.3 Å². The third kappa shape index (κ3) is 5.08. The third-order valence-corrected chi connectivity index (χ3v) is 1.45. The van der Waals surface area contributed by atoms with Gasteiger partial charge in [-0.1, -0.05) is 0 Å². The number of nitrogens with one attached hydrogen (secondary N) is 1. The molecule has 0 spiro atoms. The molecule has 0 aliphatic heterocycles. The zero-order chi connectivity index (χ0) is 9.40. The molecule has 4 nitrogen and oxygen atoms in total. The molecule has 4 heteroatoms. The van der Waals surface area contributed by atoms with E-state index in [9.17, 15) is 0 Å². The molecule has 1 N–H and O–H groups in total. The van der Waals surface area contributed by atoms with Gasteiger partial charge in [0.15, 0.2) is 0 Å². The van der Waals surface area contributed by atoms with E-state index in [1.54, 1.807) is 14.2 Å². The number of hydrogen-bond acceptors (Lipinski definition) is 4. The number of nitrogens with zero attached hydrogens (tertiary/aromatic N) is 1. The van der Waals surface area contributed by atoms with Crippen molar-refractivity contribution >= 4 is 0 Å². The van der Waals surface area contributed by atoms with Crippen LogP contribution in [-0.4, -0.2) is 39.5 Å². The number of rotatable bonds is 6. The molecule has 0 aromatic carbocycles. The molecule has 0 aliphatic carbocycles. The van der Waals surface area contributed by atoms with Crippen molar-refractivity contribution in [1.29, 1.82) is 5.26 Å². The topological polar surface area (TPSA) is 54.3 Å². The molecule has 70 valence electrons. The molecule has 2 unspecified atom stereocenters. The molecule has 12 heavy (non-hydrogen) atoms. The first-order valence-corrected chi connectivity index (χ1v) is 3.92. The average molecular weight is 172 g/mol.